The Morgan fingerprint density at radius 1 is 1.38 bits per heavy atom. The summed E-state index contributed by atoms with van der Waals surface area (Å²) in [7, 11) is 1.78. The first-order chi connectivity index (χ1) is 9.95. The molecule has 0 spiro atoms. The summed E-state index contributed by atoms with van der Waals surface area (Å²) < 4.78 is 32.8. The molecule has 2 rings (SSSR count). The third kappa shape index (κ3) is 3.78. The van der Waals surface area contributed by atoms with Crippen LogP contribution in [0.15, 0.2) is 18.2 Å². The van der Waals surface area contributed by atoms with E-state index in [1.165, 1.54) is 0 Å². The molecule has 5 heteroatoms. The molecule has 3 nitrogen and oxygen atoms in total. The maximum Gasteiger partial charge on any atom is 0.163 e. The topological polar surface area (TPSA) is 24.5 Å². The molecule has 0 amide bonds. The number of hydrogen-bond acceptors (Lipinski definition) is 3. The quantitative estimate of drug-likeness (QED) is 0.904. The molecule has 1 aromatic carbocycles. The first-order valence-electron chi connectivity index (χ1n) is 7.39. The molecule has 1 saturated heterocycles. The van der Waals surface area contributed by atoms with Crippen molar-refractivity contribution in [2.24, 2.45) is 0 Å². The summed E-state index contributed by atoms with van der Waals surface area (Å²) in [5, 5.41) is 3.09. The highest BCUT2D eigenvalue weighted by molar-refractivity contribution is 5.22. The lowest BCUT2D eigenvalue weighted by atomic mass is 9.99. The van der Waals surface area contributed by atoms with E-state index < -0.39 is 11.6 Å². The van der Waals surface area contributed by atoms with Crippen molar-refractivity contribution >= 4 is 0 Å². The highest BCUT2D eigenvalue weighted by Crippen LogP contribution is 2.25. The second kappa shape index (κ2) is 6.81. The van der Waals surface area contributed by atoms with Crippen molar-refractivity contribution in [3.8, 4) is 0 Å². The SMILES string of the molecule is CNC(CCN1CCOCC1(C)C)c1cccc(F)c1F. The van der Waals surface area contributed by atoms with Gasteiger partial charge < -0.3 is 10.1 Å². The molecule has 0 bridgehead atoms. The van der Waals surface area contributed by atoms with Crippen molar-refractivity contribution in [1.29, 1.82) is 0 Å². The number of rotatable bonds is 5. The monoisotopic (exact) mass is 298 g/mol. The zero-order valence-electron chi connectivity index (χ0n) is 13.0. The molecule has 0 saturated carbocycles. The second-order valence-corrected chi connectivity index (χ2v) is 6.13. The van der Waals surface area contributed by atoms with Crippen LogP contribution < -0.4 is 5.32 Å². The van der Waals surface area contributed by atoms with E-state index in [9.17, 15) is 8.78 Å². The molecule has 1 atom stereocenters. The molecule has 1 aliphatic rings. The average molecular weight is 298 g/mol. The fourth-order valence-electron chi connectivity index (χ4n) is 2.83. The van der Waals surface area contributed by atoms with E-state index in [1.54, 1.807) is 19.2 Å². The van der Waals surface area contributed by atoms with Gasteiger partial charge >= 0.3 is 0 Å². The van der Waals surface area contributed by atoms with Gasteiger partial charge in [0.25, 0.3) is 0 Å². The van der Waals surface area contributed by atoms with Gasteiger partial charge in [0.15, 0.2) is 11.6 Å². The number of hydrogen-bond donors (Lipinski definition) is 1. The van der Waals surface area contributed by atoms with Gasteiger partial charge in [-0.25, -0.2) is 8.78 Å². The Balaban J connectivity index is 2.04. The molecule has 21 heavy (non-hydrogen) atoms. The van der Waals surface area contributed by atoms with Crippen molar-refractivity contribution in [2.75, 3.05) is 33.4 Å². The molecular formula is C16H24F2N2O. The number of nitrogens with zero attached hydrogens (tertiary/aromatic N) is 1. The maximum absolute atomic E-state index is 13.9. The minimum absolute atomic E-state index is 0.0168. The van der Waals surface area contributed by atoms with Crippen LogP contribution in [0.5, 0.6) is 0 Å². The van der Waals surface area contributed by atoms with E-state index in [-0.39, 0.29) is 11.6 Å². The van der Waals surface area contributed by atoms with Crippen LogP contribution in [0.25, 0.3) is 0 Å². The summed E-state index contributed by atoms with van der Waals surface area (Å²) in [6.07, 6.45) is 0.723. The van der Waals surface area contributed by atoms with Gasteiger partial charge in [0.05, 0.1) is 13.2 Å². The lowest BCUT2D eigenvalue weighted by Gasteiger charge is -2.42. The Hall–Kier alpha value is -1.04. The van der Waals surface area contributed by atoms with Gasteiger partial charge in [-0.2, -0.15) is 0 Å². The first kappa shape index (κ1) is 16.3. The molecule has 1 aliphatic heterocycles. The number of halogens is 2. The summed E-state index contributed by atoms with van der Waals surface area (Å²) >= 11 is 0. The predicted octanol–water partition coefficient (Wildman–Crippen LogP) is 2.73. The standard InChI is InChI=1S/C16H24F2N2O/c1-16(2)11-21-10-9-20(16)8-7-14(19-3)12-5-4-6-13(17)15(12)18/h4-6,14,19H,7-11H2,1-3H3. The van der Waals surface area contributed by atoms with Crippen LogP contribution in [0, 0.1) is 11.6 Å². The van der Waals surface area contributed by atoms with Gasteiger partial charge in [0, 0.05) is 30.2 Å². The molecule has 0 radical (unpaired) electrons. The molecule has 0 aromatic heterocycles. The average Bonchev–Trinajstić information content (AvgIpc) is 2.45. The lowest BCUT2D eigenvalue weighted by Crippen LogP contribution is -2.53. The maximum atomic E-state index is 13.9. The fraction of sp³-hybridized carbons (Fsp3) is 0.625. The van der Waals surface area contributed by atoms with Gasteiger partial charge in [-0.05, 0) is 33.4 Å². The number of nitrogens with one attached hydrogen (secondary N) is 1. The van der Waals surface area contributed by atoms with Gasteiger partial charge in [0.2, 0.25) is 0 Å². The van der Waals surface area contributed by atoms with E-state index in [4.69, 9.17) is 4.74 Å². The Labute approximate surface area is 125 Å². The van der Waals surface area contributed by atoms with E-state index in [2.05, 4.69) is 24.1 Å². The fourth-order valence-corrected chi connectivity index (χ4v) is 2.83. The van der Waals surface area contributed by atoms with Crippen molar-refractivity contribution < 1.29 is 13.5 Å². The van der Waals surface area contributed by atoms with Crippen LogP contribution >= 0.6 is 0 Å². The molecule has 1 fully saturated rings. The van der Waals surface area contributed by atoms with E-state index in [0.717, 1.165) is 32.2 Å². The summed E-state index contributed by atoms with van der Waals surface area (Å²) in [5.74, 6) is -1.54. The largest absolute Gasteiger partial charge is 0.378 e. The molecule has 1 aromatic rings. The molecule has 0 aliphatic carbocycles. The van der Waals surface area contributed by atoms with Crippen LogP contribution in [-0.4, -0.2) is 43.8 Å². The number of ether oxygens (including phenoxy) is 1. The van der Waals surface area contributed by atoms with E-state index in [0.29, 0.717) is 12.2 Å². The highest BCUT2D eigenvalue weighted by Gasteiger charge is 2.30. The van der Waals surface area contributed by atoms with Crippen LogP contribution in [0.3, 0.4) is 0 Å². The molecule has 1 N–H and O–H groups in total. The van der Waals surface area contributed by atoms with Gasteiger partial charge in [-0.15, -0.1) is 0 Å². The van der Waals surface area contributed by atoms with E-state index >= 15 is 0 Å². The van der Waals surface area contributed by atoms with Crippen LogP contribution in [0.1, 0.15) is 31.9 Å². The van der Waals surface area contributed by atoms with Gasteiger partial charge in [0.1, 0.15) is 0 Å². The normalized spacial score (nSPS) is 20.4. The van der Waals surface area contributed by atoms with Crippen LogP contribution in [0.2, 0.25) is 0 Å². The van der Waals surface area contributed by atoms with Crippen molar-refractivity contribution in [3.05, 3.63) is 35.4 Å². The molecular weight excluding hydrogens is 274 g/mol. The summed E-state index contributed by atoms with van der Waals surface area (Å²) in [6.45, 7) is 7.40. The molecule has 118 valence electrons. The molecule has 1 heterocycles. The Bertz CT molecular complexity index is 479. The Morgan fingerprint density at radius 2 is 2.14 bits per heavy atom. The minimum Gasteiger partial charge on any atom is -0.378 e. The number of benzene rings is 1. The minimum atomic E-state index is -0.792. The van der Waals surface area contributed by atoms with Crippen molar-refractivity contribution in [1.82, 2.24) is 10.2 Å². The number of morpholine rings is 1. The first-order valence-corrected chi connectivity index (χ1v) is 7.39. The highest BCUT2D eigenvalue weighted by atomic mass is 19.2. The Kier molecular flexibility index (Phi) is 5.30. The second-order valence-electron chi connectivity index (χ2n) is 6.13. The third-order valence-electron chi connectivity index (χ3n) is 4.21. The zero-order valence-corrected chi connectivity index (χ0v) is 13.0. The smallest absolute Gasteiger partial charge is 0.163 e. The lowest BCUT2D eigenvalue weighted by molar-refractivity contribution is -0.0520. The van der Waals surface area contributed by atoms with Crippen LogP contribution in [-0.2, 0) is 4.74 Å². The van der Waals surface area contributed by atoms with Gasteiger partial charge in [-0.1, -0.05) is 12.1 Å². The summed E-state index contributed by atoms with van der Waals surface area (Å²) in [6, 6.07) is 4.15. The van der Waals surface area contributed by atoms with Crippen molar-refractivity contribution in [3.63, 3.8) is 0 Å². The predicted molar refractivity (Wildman–Crippen MR) is 79.2 cm³/mol. The van der Waals surface area contributed by atoms with E-state index in [1.807, 2.05) is 0 Å². The third-order valence-corrected chi connectivity index (χ3v) is 4.21. The van der Waals surface area contributed by atoms with Crippen molar-refractivity contribution in [2.45, 2.75) is 31.8 Å². The Morgan fingerprint density at radius 3 is 2.81 bits per heavy atom. The summed E-state index contributed by atoms with van der Waals surface area (Å²) in [5.41, 5.74) is 0.375. The van der Waals surface area contributed by atoms with Crippen LogP contribution in [0.4, 0.5) is 8.78 Å². The zero-order chi connectivity index (χ0) is 15.5. The van der Waals surface area contributed by atoms with Gasteiger partial charge in [-0.3, -0.25) is 4.90 Å². The summed E-state index contributed by atoms with van der Waals surface area (Å²) in [4.78, 5) is 2.35. The molecule has 1 unspecified atom stereocenters.